The average molecular weight is 233 g/mol. The van der Waals surface area contributed by atoms with Gasteiger partial charge in [-0.3, -0.25) is 0 Å². The Balaban J connectivity index is 2.30. The Labute approximate surface area is 103 Å². The van der Waals surface area contributed by atoms with Crippen LogP contribution >= 0.6 is 0 Å². The first-order valence-corrected chi connectivity index (χ1v) is 5.86. The molecule has 3 nitrogen and oxygen atoms in total. The third-order valence-electron chi connectivity index (χ3n) is 2.09. The molecule has 0 spiro atoms. The van der Waals surface area contributed by atoms with Crippen LogP contribution in [-0.2, 0) is 4.74 Å². The lowest BCUT2D eigenvalue weighted by molar-refractivity contribution is 0.131. The third kappa shape index (κ3) is 5.96. The summed E-state index contributed by atoms with van der Waals surface area (Å²) >= 11 is 0. The maximum atomic E-state index is 5.56. The molecular weight excluding hydrogens is 214 g/mol. The van der Waals surface area contributed by atoms with Crippen molar-refractivity contribution >= 4 is 0 Å². The van der Waals surface area contributed by atoms with Crippen LogP contribution in [0.15, 0.2) is 24.3 Å². The van der Waals surface area contributed by atoms with Gasteiger partial charge in [0, 0.05) is 25.2 Å². The summed E-state index contributed by atoms with van der Waals surface area (Å²) in [5, 5.41) is 0. The second kappa shape index (κ2) is 8.63. The van der Waals surface area contributed by atoms with Crippen molar-refractivity contribution in [2.24, 2.45) is 5.73 Å². The molecule has 3 heteroatoms. The fraction of sp³-hybridized carbons (Fsp3) is 0.429. The van der Waals surface area contributed by atoms with Crippen molar-refractivity contribution < 1.29 is 9.47 Å². The van der Waals surface area contributed by atoms with Gasteiger partial charge < -0.3 is 15.2 Å². The molecule has 92 valence electrons. The zero-order valence-corrected chi connectivity index (χ0v) is 10.2. The van der Waals surface area contributed by atoms with Crippen LogP contribution in [0.25, 0.3) is 0 Å². The van der Waals surface area contributed by atoms with Crippen molar-refractivity contribution in [3.05, 3.63) is 29.8 Å². The Morgan fingerprint density at radius 1 is 1.18 bits per heavy atom. The van der Waals surface area contributed by atoms with Crippen molar-refractivity contribution in [2.75, 3.05) is 26.4 Å². The monoisotopic (exact) mass is 233 g/mol. The van der Waals surface area contributed by atoms with Crippen molar-refractivity contribution in [1.82, 2.24) is 0 Å². The number of hydrogen-bond acceptors (Lipinski definition) is 3. The number of hydrogen-bond donors (Lipinski definition) is 1. The van der Waals surface area contributed by atoms with Gasteiger partial charge in [0.1, 0.15) is 5.75 Å². The first kappa shape index (κ1) is 13.6. The summed E-state index contributed by atoms with van der Waals surface area (Å²) < 4.78 is 10.8. The molecule has 1 rings (SSSR count). The second-order valence-electron chi connectivity index (χ2n) is 3.43. The second-order valence-corrected chi connectivity index (χ2v) is 3.43. The number of rotatable bonds is 6. The van der Waals surface area contributed by atoms with E-state index >= 15 is 0 Å². The number of nitrogens with two attached hydrogens (primary N) is 1. The van der Waals surface area contributed by atoms with Crippen LogP contribution in [0.2, 0.25) is 0 Å². The van der Waals surface area contributed by atoms with Gasteiger partial charge in [-0.15, -0.1) is 0 Å². The first-order chi connectivity index (χ1) is 8.36. The fourth-order valence-electron chi connectivity index (χ4n) is 1.28. The molecule has 17 heavy (non-hydrogen) atoms. The van der Waals surface area contributed by atoms with E-state index in [1.54, 1.807) is 0 Å². The molecule has 0 unspecified atom stereocenters. The van der Waals surface area contributed by atoms with Gasteiger partial charge in [-0.2, -0.15) is 0 Å². The van der Waals surface area contributed by atoms with E-state index in [2.05, 4.69) is 11.8 Å². The normalized spacial score (nSPS) is 9.53. The van der Waals surface area contributed by atoms with Gasteiger partial charge in [-0.25, -0.2) is 0 Å². The Hall–Kier alpha value is -1.50. The lowest BCUT2D eigenvalue weighted by atomic mass is 10.2. The molecule has 0 aliphatic rings. The minimum absolute atomic E-state index is 0.385. The van der Waals surface area contributed by atoms with Gasteiger partial charge in [0.05, 0.1) is 13.2 Å². The van der Waals surface area contributed by atoms with E-state index in [-0.39, 0.29) is 0 Å². The highest BCUT2D eigenvalue weighted by Gasteiger charge is 1.94. The molecule has 0 fully saturated rings. The van der Waals surface area contributed by atoms with Crippen LogP contribution in [0.3, 0.4) is 0 Å². The number of benzene rings is 1. The zero-order valence-electron chi connectivity index (χ0n) is 10.2. The Morgan fingerprint density at radius 3 is 2.59 bits per heavy atom. The van der Waals surface area contributed by atoms with Crippen molar-refractivity contribution in [3.63, 3.8) is 0 Å². The summed E-state index contributed by atoms with van der Waals surface area (Å²) in [6, 6.07) is 7.70. The Bertz CT molecular complexity index is 362. The molecule has 0 saturated heterocycles. The van der Waals surface area contributed by atoms with E-state index in [1.807, 2.05) is 31.2 Å². The average Bonchev–Trinajstić information content (AvgIpc) is 2.37. The highest BCUT2D eigenvalue weighted by atomic mass is 16.5. The van der Waals surface area contributed by atoms with Crippen molar-refractivity contribution in [1.29, 1.82) is 0 Å². The van der Waals surface area contributed by atoms with Gasteiger partial charge in [0.25, 0.3) is 0 Å². The maximum Gasteiger partial charge on any atom is 0.119 e. The Kier molecular flexibility index (Phi) is 6.89. The molecule has 0 saturated carbocycles. The quantitative estimate of drug-likeness (QED) is 0.602. The SMILES string of the molecule is CCOCCCOc1ccc(C#CCN)cc1. The summed E-state index contributed by atoms with van der Waals surface area (Å²) in [6.07, 6.45) is 0.905. The molecule has 0 amide bonds. The molecule has 1 aromatic carbocycles. The van der Waals surface area contributed by atoms with Crippen LogP contribution in [0.4, 0.5) is 0 Å². The smallest absolute Gasteiger partial charge is 0.119 e. The van der Waals surface area contributed by atoms with E-state index < -0.39 is 0 Å². The molecule has 0 bridgehead atoms. The van der Waals surface area contributed by atoms with Crippen LogP contribution in [-0.4, -0.2) is 26.4 Å². The maximum absolute atomic E-state index is 5.56. The fourth-order valence-corrected chi connectivity index (χ4v) is 1.28. The van der Waals surface area contributed by atoms with E-state index in [9.17, 15) is 0 Å². The molecule has 0 aliphatic heterocycles. The van der Waals surface area contributed by atoms with Crippen molar-refractivity contribution in [3.8, 4) is 17.6 Å². The van der Waals surface area contributed by atoms with Crippen molar-refractivity contribution in [2.45, 2.75) is 13.3 Å². The minimum Gasteiger partial charge on any atom is -0.494 e. The first-order valence-electron chi connectivity index (χ1n) is 5.86. The van der Waals surface area contributed by atoms with Crippen LogP contribution in [0, 0.1) is 11.8 Å². The summed E-state index contributed by atoms with van der Waals surface area (Å²) in [5.74, 6) is 6.64. The molecule has 0 radical (unpaired) electrons. The van der Waals surface area contributed by atoms with Crippen LogP contribution < -0.4 is 10.5 Å². The highest BCUT2D eigenvalue weighted by molar-refractivity contribution is 5.38. The van der Waals surface area contributed by atoms with Gasteiger partial charge in [-0.05, 0) is 31.2 Å². The lowest BCUT2D eigenvalue weighted by Gasteiger charge is -2.05. The summed E-state index contributed by atoms with van der Waals surface area (Å²) in [7, 11) is 0. The molecule has 2 N–H and O–H groups in total. The summed E-state index contributed by atoms with van der Waals surface area (Å²) in [5.41, 5.74) is 6.26. The largest absolute Gasteiger partial charge is 0.494 e. The minimum atomic E-state index is 0.385. The molecular formula is C14H19NO2. The summed E-state index contributed by atoms with van der Waals surface area (Å²) in [4.78, 5) is 0. The number of ether oxygens (including phenoxy) is 2. The van der Waals surface area contributed by atoms with E-state index in [1.165, 1.54) is 0 Å². The molecule has 1 aromatic rings. The third-order valence-corrected chi connectivity index (χ3v) is 2.09. The van der Waals surface area contributed by atoms with Gasteiger partial charge in [0.2, 0.25) is 0 Å². The summed E-state index contributed by atoms with van der Waals surface area (Å²) in [6.45, 7) is 4.55. The standard InChI is InChI=1S/C14H19NO2/c1-2-16-11-4-12-17-14-8-6-13(7-9-14)5-3-10-15/h6-9H,2,4,10-12,15H2,1H3. The van der Waals surface area contributed by atoms with Gasteiger partial charge >= 0.3 is 0 Å². The van der Waals surface area contributed by atoms with Crippen LogP contribution in [0.5, 0.6) is 5.75 Å². The van der Waals surface area contributed by atoms with E-state index in [0.29, 0.717) is 13.2 Å². The van der Waals surface area contributed by atoms with E-state index in [0.717, 1.165) is 30.9 Å². The van der Waals surface area contributed by atoms with E-state index in [4.69, 9.17) is 15.2 Å². The Morgan fingerprint density at radius 2 is 1.94 bits per heavy atom. The molecule has 0 aliphatic carbocycles. The zero-order chi connectivity index (χ0) is 12.3. The predicted molar refractivity (Wildman–Crippen MR) is 69.0 cm³/mol. The van der Waals surface area contributed by atoms with Gasteiger partial charge in [0.15, 0.2) is 0 Å². The topological polar surface area (TPSA) is 44.5 Å². The lowest BCUT2D eigenvalue weighted by Crippen LogP contribution is -2.02. The highest BCUT2D eigenvalue weighted by Crippen LogP contribution is 2.11. The molecule has 0 heterocycles. The van der Waals surface area contributed by atoms with Gasteiger partial charge in [-0.1, -0.05) is 11.8 Å². The predicted octanol–water partition coefficient (Wildman–Crippen LogP) is 1.80. The molecule has 0 aromatic heterocycles. The molecule has 0 atom stereocenters. The van der Waals surface area contributed by atoms with Crippen LogP contribution in [0.1, 0.15) is 18.9 Å².